The average Bonchev–Trinajstić information content (AvgIpc) is 2.42. The highest BCUT2D eigenvalue weighted by molar-refractivity contribution is 9.10. The third-order valence-corrected chi connectivity index (χ3v) is 3.52. The molecule has 0 atom stereocenters. The Morgan fingerprint density at radius 3 is 2.57 bits per heavy atom. The average molecular weight is 356 g/mol. The second-order valence-electron chi connectivity index (χ2n) is 4.93. The highest BCUT2D eigenvalue weighted by Gasteiger charge is 2.11. The third-order valence-electron chi connectivity index (χ3n) is 2.88. The molecule has 0 radical (unpaired) electrons. The second kappa shape index (κ2) is 7.00. The summed E-state index contributed by atoms with van der Waals surface area (Å²) in [4.78, 5) is 0. The van der Waals surface area contributed by atoms with E-state index in [9.17, 15) is 8.78 Å². The summed E-state index contributed by atoms with van der Waals surface area (Å²) in [5, 5.41) is 3.15. The molecule has 21 heavy (non-hydrogen) atoms. The van der Waals surface area contributed by atoms with Crippen LogP contribution < -0.4 is 10.1 Å². The number of ether oxygens (including phenoxy) is 1. The Bertz CT molecular complexity index is 632. The van der Waals surface area contributed by atoms with Crippen LogP contribution in [0.3, 0.4) is 0 Å². The first-order chi connectivity index (χ1) is 9.97. The Labute approximate surface area is 131 Å². The molecule has 112 valence electrons. The fourth-order valence-corrected chi connectivity index (χ4v) is 2.03. The van der Waals surface area contributed by atoms with E-state index in [1.807, 2.05) is 13.8 Å². The van der Waals surface area contributed by atoms with Crippen LogP contribution in [0, 0.1) is 11.6 Å². The van der Waals surface area contributed by atoms with E-state index >= 15 is 0 Å². The van der Waals surface area contributed by atoms with Crippen molar-refractivity contribution in [3.63, 3.8) is 0 Å². The van der Waals surface area contributed by atoms with Gasteiger partial charge < -0.3 is 10.1 Å². The summed E-state index contributed by atoms with van der Waals surface area (Å²) >= 11 is 3.08. The van der Waals surface area contributed by atoms with Crippen LogP contribution in [0.25, 0.3) is 0 Å². The van der Waals surface area contributed by atoms with Crippen molar-refractivity contribution in [2.75, 3.05) is 0 Å². The molecule has 0 aliphatic carbocycles. The molecule has 0 saturated carbocycles. The number of rotatable bonds is 5. The van der Waals surface area contributed by atoms with Crippen LogP contribution in [-0.4, -0.2) is 6.04 Å². The van der Waals surface area contributed by atoms with Crippen LogP contribution in [0.5, 0.6) is 11.5 Å². The summed E-state index contributed by atoms with van der Waals surface area (Å²) in [6, 6.07) is 9.27. The van der Waals surface area contributed by atoms with Gasteiger partial charge in [-0.05, 0) is 40.2 Å². The Balaban J connectivity index is 2.26. The third kappa shape index (κ3) is 4.25. The molecule has 1 N–H and O–H groups in total. The van der Waals surface area contributed by atoms with Crippen molar-refractivity contribution in [2.24, 2.45) is 0 Å². The molecular formula is C16H16BrF2NO. The van der Waals surface area contributed by atoms with Gasteiger partial charge in [-0.1, -0.05) is 19.9 Å². The quantitative estimate of drug-likeness (QED) is 0.813. The lowest BCUT2D eigenvalue weighted by Gasteiger charge is -2.14. The molecule has 2 aromatic carbocycles. The maximum Gasteiger partial charge on any atom is 0.141 e. The second-order valence-corrected chi connectivity index (χ2v) is 5.78. The van der Waals surface area contributed by atoms with Gasteiger partial charge in [0.05, 0.1) is 4.47 Å². The van der Waals surface area contributed by atoms with Gasteiger partial charge in [0.25, 0.3) is 0 Å². The van der Waals surface area contributed by atoms with Gasteiger partial charge >= 0.3 is 0 Å². The Morgan fingerprint density at radius 1 is 1.14 bits per heavy atom. The number of nitrogens with one attached hydrogen (secondary N) is 1. The van der Waals surface area contributed by atoms with Crippen molar-refractivity contribution in [1.29, 1.82) is 0 Å². The van der Waals surface area contributed by atoms with E-state index in [1.165, 1.54) is 12.1 Å². The van der Waals surface area contributed by atoms with Crippen molar-refractivity contribution in [1.82, 2.24) is 5.32 Å². The SMILES string of the molecule is CC(C)NCc1c(F)cccc1Oc1ccc(Br)c(F)c1. The first-order valence-electron chi connectivity index (χ1n) is 6.61. The first-order valence-corrected chi connectivity index (χ1v) is 7.40. The van der Waals surface area contributed by atoms with Gasteiger partial charge in [0, 0.05) is 24.2 Å². The molecule has 2 aromatic rings. The lowest BCUT2D eigenvalue weighted by molar-refractivity contribution is 0.453. The largest absolute Gasteiger partial charge is 0.457 e. The highest BCUT2D eigenvalue weighted by atomic mass is 79.9. The zero-order valence-corrected chi connectivity index (χ0v) is 13.4. The summed E-state index contributed by atoms with van der Waals surface area (Å²) in [6.07, 6.45) is 0. The van der Waals surface area contributed by atoms with E-state index in [0.29, 0.717) is 28.1 Å². The number of benzene rings is 2. The molecule has 0 aliphatic heterocycles. The van der Waals surface area contributed by atoms with Gasteiger partial charge in [0.15, 0.2) is 0 Å². The number of hydrogen-bond donors (Lipinski definition) is 1. The molecule has 0 saturated heterocycles. The minimum atomic E-state index is -0.425. The van der Waals surface area contributed by atoms with Crippen molar-refractivity contribution >= 4 is 15.9 Å². The van der Waals surface area contributed by atoms with Crippen LogP contribution in [0.2, 0.25) is 0 Å². The van der Waals surface area contributed by atoms with Gasteiger partial charge in [-0.25, -0.2) is 8.78 Å². The van der Waals surface area contributed by atoms with Crippen molar-refractivity contribution in [2.45, 2.75) is 26.4 Å². The normalized spacial score (nSPS) is 11.0. The van der Waals surface area contributed by atoms with Crippen LogP contribution in [-0.2, 0) is 6.54 Å². The van der Waals surface area contributed by atoms with E-state index < -0.39 is 5.82 Å². The molecule has 2 rings (SSSR count). The van der Waals surface area contributed by atoms with Crippen LogP contribution >= 0.6 is 15.9 Å². The summed E-state index contributed by atoms with van der Waals surface area (Å²) in [6.45, 7) is 4.30. The van der Waals surface area contributed by atoms with Gasteiger partial charge in [0.2, 0.25) is 0 Å². The van der Waals surface area contributed by atoms with Gasteiger partial charge in [0.1, 0.15) is 23.1 Å². The molecule has 0 unspecified atom stereocenters. The van der Waals surface area contributed by atoms with Crippen molar-refractivity contribution in [3.8, 4) is 11.5 Å². The topological polar surface area (TPSA) is 21.3 Å². The van der Waals surface area contributed by atoms with Crippen LogP contribution in [0.1, 0.15) is 19.4 Å². The van der Waals surface area contributed by atoms with Crippen molar-refractivity contribution in [3.05, 3.63) is 58.1 Å². The van der Waals surface area contributed by atoms with E-state index in [1.54, 1.807) is 24.3 Å². The molecule has 0 heterocycles. The monoisotopic (exact) mass is 355 g/mol. The fourth-order valence-electron chi connectivity index (χ4n) is 1.78. The molecular weight excluding hydrogens is 340 g/mol. The molecule has 5 heteroatoms. The Kier molecular flexibility index (Phi) is 5.31. The smallest absolute Gasteiger partial charge is 0.141 e. The van der Waals surface area contributed by atoms with Crippen LogP contribution in [0.4, 0.5) is 8.78 Å². The predicted octanol–water partition coefficient (Wildman–Crippen LogP) is 5.02. The van der Waals surface area contributed by atoms with E-state index in [0.717, 1.165) is 0 Å². The number of halogens is 3. The molecule has 2 nitrogen and oxygen atoms in total. The number of hydrogen-bond acceptors (Lipinski definition) is 2. The molecule has 0 bridgehead atoms. The molecule has 0 spiro atoms. The maximum atomic E-state index is 13.9. The Morgan fingerprint density at radius 2 is 1.90 bits per heavy atom. The lowest BCUT2D eigenvalue weighted by Crippen LogP contribution is -2.22. The fraction of sp³-hybridized carbons (Fsp3) is 0.250. The van der Waals surface area contributed by atoms with Gasteiger partial charge in [-0.3, -0.25) is 0 Å². The minimum absolute atomic E-state index is 0.225. The Hall–Kier alpha value is -1.46. The molecule has 0 amide bonds. The van der Waals surface area contributed by atoms with Crippen LogP contribution in [0.15, 0.2) is 40.9 Å². The van der Waals surface area contributed by atoms with Gasteiger partial charge in [-0.15, -0.1) is 0 Å². The van der Waals surface area contributed by atoms with E-state index in [-0.39, 0.29) is 11.9 Å². The summed E-state index contributed by atoms with van der Waals surface area (Å²) in [7, 11) is 0. The van der Waals surface area contributed by atoms with Gasteiger partial charge in [-0.2, -0.15) is 0 Å². The summed E-state index contributed by atoms with van der Waals surface area (Å²) < 4.78 is 33.4. The predicted molar refractivity (Wildman–Crippen MR) is 82.5 cm³/mol. The molecule has 0 aliphatic rings. The maximum absolute atomic E-state index is 13.9. The van der Waals surface area contributed by atoms with E-state index in [4.69, 9.17) is 4.74 Å². The molecule has 0 aromatic heterocycles. The lowest BCUT2D eigenvalue weighted by atomic mass is 10.1. The zero-order chi connectivity index (χ0) is 15.4. The van der Waals surface area contributed by atoms with E-state index in [2.05, 4.69) is 21.2 Å². The summed E-state index contributed by atoms with van der Waals surface area (Å²) in [5.41, 5.74) is 0.425. The zero-order valence-electron chi connectivity index (χ0n) is 11.8. The standard InChI is InChI=1S/C16H16BrF2NO/c1-10(2)20-9-12-14(18)4-3-5-16(12)21-11-6-7-13(17)15(19)8-11/h3-8,10,20H,9H2,1-2H3. The minimum Gasteiger partial charge on any atom is -0.457 e. The van der Waals surface area contributed by atoms with Crippen molar-refractivity contribution < 1.29 is 13.5 Å². The summed E-state index contributed by atoms with van der Waals surface area (Å²) in [5.74, 6) is -0.0686. The molecule has 0 fully saturated rings. The first kappa shape index (κ1) is 15.9. The highest BCUT2D eigenvalue weighted by Crippen LogP contribution is 2.29.